The van der Waals surface area contributed by atoms with Crippen LogP contribution in [-0.2, 0) is 19.1 Å². The fourth-order valence-electron chi connectivity index (χ4n) is 2.90. The van der Waals surface area contributed by atoms with Crippen LogP contribution < -0.4 is 16.8 Å². The summed E-state index contributed by atoms with van der Waals surface area (Å²) < 4.78 is 10.7. The molecule has 0 aliphatic rings. The SMILES string of the molecule is CC(C)(C)OC(=O)CC(NC(=O)c1ccc2c(Cl)cnc(N=C(N)N)c2c1)C(=O)OC(C)(C)C. The number of carbonyl (C=O) groups is 3. The number of rotatable bonds is 6. The van der Waals surface area contributed by atoms with Crippen molar-refractivity contribution in [2.24, 2.45) is 16.5 Å². The van der Waals surface area contributed by atoms with Crippen molar-refractivity contribution in [2.75, 3.05) is 0 Å². The number of carbonyl (C=O) groups excluding carboxylic acids is 3. The van der Waals surface area contributed by atoms with Crippen LogP contribution in [0.4, 0.5) is 5.82 Å². The molecule has 1 aromatic heterocycles. The lowest BCUT2D eigenvalue weighted by atomic mass is 10.1. The van der Waals surface area contributed by atoms with E-state index in [9.17, 15) is 14.4 Å². The first kappa shape index (κ1) is 26.8. The molecule has 184 valence electrons. The largest absolute Gasteiger partial charge is 0.460 e. The number of pyridine rings is 1. The van der Waals surface area contributed by atoms with Crippen LogP contribution in [0, 0.1) is 0 Å². The number of hydrogen-bond acceptors (Lipinski definition) is 7. The molecule has 10 nitrogen and oxygen atoms in total. The Morgan fingerprint density at radius 3 is 2.24 bits per heavy atom. The van der Waals surface area contributed by atoms with Crippen LogP contribution in [0.3, 0.4) is 0 Å². The average Bonchev–Trinajstić information content (AvgIpc) is 2.66. The normalized spacial score (nSPS) is 12.6. The summed E-state index contributed by atoms with van der Waals surface area (Å²) in [5.74, 6) is -2.09. The fourth-order valence-corrected chi connectivity index (χ4v) is 3.12. The first-order valence-corrected chi connectivity index (χ1v) is 10.9. The molecule has 0 saturated carbocycles. The minimum absolute atomic E-state index is 0.168. The second kappa shape index (κ2) is 10.3. The lowest BCUT2D eigenvalue weighted by molar-refractivity contribution is -0.164. The third-order valence-corrected chi connectivity index (χ3v) is 4.40. The average molecular weight is 492 g/mol. The minimum atomic E-state index is -1.27. The molecule has 1 atom stereocenters. The summed E-state index contributed by atoms with van der Waals surface area (Å²) in [4.78, 5) is 46.2. The smallest absolute Gasteiger partial charge is 0.329 e. The van der Waals surface area contributed by atoms with Crippen LogP contribution in [0.2, 0.25) is 5.02 Å². The first-order chi connectivity index (χ1) is 15.6. The molecule has 0 aliphatic carbocycles. The van der Waals surface area contributed by atoms with Crippen LogP contribution in [-0.4, -0.2) is 46.0 Å². The van der Waals surface area contributed by atoms with Gasteiger partial charge in [-0.3, -0.25) is 9.59 Å². The van der Waals surface area contributed by atoms with Gasteiger partial charge in [0.25, 0.3) is 5.91 Å². The van der Waals surface area contributed by atoms with E-state index in [0.717, 1.165) is 0 Å². The van der Waals surface area contributed by atoms with Gasteiger partial charge in [0.1, 0.15) is 17.2 Å². The molecule has 0 fully saturated rings. The summed E-state index contributed by atoms with van der Waals surface area (Å²) in [6, 6.07) is 3.34. The summed E-state index contributed by atoms with van der Waals surface area (Å²) in [5.41, 5.74) is 9.53. The molecule has 2 aromatic rings. The van der Waals surface area contributed by atoms with E-state index in [-0.39, 0.29) is 17.3 Å². The highest BCUT2D eigenvalue weighted by Crippen LogP contribution is 2.30. The number of amides is 1. The van der Waals surface area contributed by atoms with Crippen LogP contribution in [0.1, 0.15) is 58.3 Å². The minimum Gasteiger partial charge on any atom is -0.460 e. The Labute approximate surface area is 203 Å². The highest BCUT2D eigenvalue weighted by atomic mass is 35.5. The predicted molar refractivity (Wildman–Crippen MR) is 130 cm³/mol. The molecular formula is C23H30ClN5O5. The Kier molecular flexibility index (Phi) is 8.09. The van der Waals surface area contributed by atoms with E-state index in [0.29, 0.717) is 15.8 Å². The number of benzene rings is 1. The van der Waals surface area contributed by atoms with Gasteiger partial charge in [-0.2, -0.15) is 4.99 Å². The number of halogens is 1. The number of aromatic nitrogens is 1. The van der Waals surface area contributed by atoms with Gasteiger partial charge >= 0.3 is 11.9 Å². The van der Waals surface area contributed by atoms with Crippen molar-refractivity contribution >= 4 is 52.0 Å². The molecule has 0 radical (unpaired) electrons. The molecule has 0 aliphatic heterocycles. The number of nitrogens with two attached hydrogens (primary N) is 2. The Morgan fingerprint density at radius 1 is 1.06 bits per heavy atom. The molecule has 1 unspecified atom stereocenters. The van der Waals surface area contributed by atoms with Crippen molar-refractivity contribution in [2.45, 2.75) is 65.2 Å². The number of nitrogens with zero attached hydrogens (tertiary/aromatic N) is 2. The predicted octanol–water partition coefficient (Wildman–Crippen LogP) is 2.97. The third kappa shape index (κ3) is 7.87. The molecule has 2 rings (SSSR count). The van der Waals surface area contributed by atoms with E-state index in [4.69, 9.17) is 32.5 Å². The Morgan fingerprint density at radius 2 is 1.68 bits per heavy atom. The van der Waals surface area contributed by atoms with Gasteiger partial charge in [-0.1, -0.05) is 17.7 Å². The number of ether oxygens (including phenoxy) is 2. The topological polar surface area (TPSA) is 159 Å². The lowest BCUT2D eigenvalue weighted by Crippen LogP contribution is -2.46. The third-order valence-electron chi connectivity index (χ3n) is 4.10. The highest BCUT2D eigenvalue weighted by Gasteiger charge is 2.31. The second-order valence-electron chi connectivity index (χ2n) is 9.58. The summed E-state index contributed by atoms with van der Waals surface area (Å²) in [5, 5.41) is 3.90. The molecule has 0 spiro atoms. The summed E-state index contributed by atoms with van der Waals surface area (Å²) in [6.07, 6.45) is 0.989. The standard InChI is InChI=1S/C23H30ClN5O5/c1-22(2,3)33-17(30)10-16(20(32)34-23(4,5)6)28-19(31)12-7-8-13-14(9-12)18(29-21(25)26)27-11-15(13)24/h7-9,11,16H,10H2,1-6H3,(H,28,31)(H4,25,26,27,29). The summed E-state index contributed by atoms with van der Waals surface area (Å²) in [6.45, 7) is 10.2. The molecule has 34 heavy (non-hydrogen) atoms. The van der Waals surface area contributed by atoms with Gasteiger partial charge in [0.2, 0.25) is 0 Å². The van der Waals surface area contributed by atoms with Gasteiger partial charge in [-0.05, 0) is 53.7 Å². The van der Waals surface area contributed by atoms with Crippen molar-refractivity contribution in [3.05, 3.63) is 35.0 Å². The zero-order chi connectivity index (χ0) is 25.8. The Balaban J connectivity index is 2.38. The molecule has 1 aromatic carbocycles. The van der Waals surface area contributed by atoms with Gasteiger partial charge < -0.3 is 26.3 Å². The van der Waals surface area contributed by atoms with Gasteiger partial charge in [-0.15, -0.1) is 0 Å². The van der Waals surface area contributed by atoms with E-state index in [1.54, 1.807) is 47.6 Å². The fraction of sp³-hybridized carbons (Fsp3) is 0.435. The molecule has 5 N–H and O–H groups in total. The van der Waals surface area contributed by atoms with Crippen molar-refractivity contribution < 1.29 is 23.9 Å². The summed E-state index contributed by atoms with van der Waals surface area (Å²) >= 11 is 6.21. The number of esters is 2. The Hall–Kier alpha value is -3.40. The van der Waals surface area contributed by atoms with E-state index in [1.165, 1.54) is 18.3 Å². The maximum absolute atomic E-state index is 13.0. The molecule has 1 heterocycles. The maximum Gasteiger partial charge on any atom is 0.329 e. The summed E-state index contributed by atoms with van der Waals surface area (Å²) in [7, 11) is 0. The molecule has 0 saturated heterocycles. The molecular weight excluding hydrogens is 462 g/mol. The maximum atomic E-state index is 13.0. The van der Waals surface area contributed by atoms with Gasteiger partial charge in [0, 0.05) is 22.5 Å². The van der Waals surface area contributed by atoms with Crippen LogP contribution in [0.15, 0.2) is 29.4 Å². The zero-order valence-corrected chi connectivity index (χ0v) is 20.8. The van der Waals surface area contributed by atoms with E-state index in [2.05, 4.69) is 15.3 Å². The van der Waals surface area contributed by atoms with Crippen molar-refractivity contribution in [3.63, 3.8) is 0 Å². The Bertz CT molecular complexity index is 1130. The second-order valence-corrected chi connectivity index (χ2v) is 9.98. The number of nitrogens with one attached hydrogen (secondary N) is 1. The number of hydrogen-bond donors (Lipinski definition) is 3. The molecule has 1 amide bonds. The van der Waals surface area contributed by atoms with Gasteiger partial charge in [0.05, 0.1) is 11.4 Å². The van der Waals surface area contributed by atoms with Gasteiger partial charge in [0.15, 0.2) is 11.8 Å². The quantitative estimate of drug-likeness (QED) is 0.316. The monoisotopic (exact) mass is 491 g/mol. The van der Waals surface area contributed by atoms with E-state index in [1.807, 2.05) is 0 Å². The van der Waals surface area contributed by atoms with Crippen molar-refractivity contribution in [1.29, 1.82) is 0 Å². The molecule has 0 bridgehead atoms. The van der Waals surface area contributed by atoms with Crippen LogP contribution in [0.25, 0.3) is 10.8 Å². The number of aliphatic imine (C=N–C) groups is 1. The highest BCUT2D eigenvalue weighted by molar-refractivity contribution is 6.35. The number of fused-ring (bicyclic) bond motifs is 1. The van der Waals surface area contributed by atoms with Crippen LogP contribution in [0.5, 0.6) is 0 Å². The lowest BCUT2D eigenvalue weighted by Gasteiger charge is -2.25. The van der Waals surface area contributed by atoms with Crippen LogP contribution >= 0.6 is 11.6 Å². The zero-order valence-electron chi connectivity index (χ0n) is 20.1. The molecule has 11 heteroatoms. The van der Waals surface area contributed by atoms with E-state index >= 15 is 0 Å². The van der Waals surface area contributed by atoms with Gasteiger partial charge in [-0.25, -0.2) is 9.78 Å². The van der Waals surface area contributed by atoms with E-state index < -0.39 is 41.5 Å². The number of guanidine groups is 1. The van der Waals surface area contributed by atoms with Crippen molar-refractivity contribution in [1.82, 2.24) is 10.3 Å². The first-order valence-electron chi connectivity index (χ1n) is 10.5. The van der Waals surface area contributed by atoms with Crippen molar-refractivity contribution in [3.8, 4) is 0 Å².